The van der Waals surface area contributed by atoms with E-state index in [9.17, 15) is 9.59 Å². The molecule has 172 valence electrons. The van der Waals surface area contributed by atoms with E-state index in [4.69, 9.17) is 21.7 Å². The Kier molecular flexibility index (Phi) is 10.5. The number of unbranched alkanes of at least 4 members (excludes halogenated alkanes) is 1. The Bertz CT molecular complexity index is 883. The summed E-state index contributed by atoms with van der Waals surface area (Å²) in [6, 6.07) is 13.6. The molecule has 0 heterocycles. The van der Waals surface area contributed by atoms with E-state index < -0.39 is 0 Å². The molecule has 0 aliphatic carbocycles. The van der Waals surface area contributed by atoms with Gasteiger partial charge in [-0.25, -0.2) is 0 Å². The summed E-state index contributed by atoms with van der Waals surface area (Å²) in [7, 11) is 0. The lowest BCUT2D eigenvalue weighted by molar-refractivity contribution is 0.0934. The Morgan fingerprint density at radius 3 is 1.91 bits per heavy atom. The normalized spacial score (nSPS) is 10.4. The Labute approximate surface area is 194 Å². The van der Waals surface area contributed by atoms with Gasteiger partial charge in [-0.1, -0.05) is 27.2 Å². The van der Waals surface area contributed by atoms with Gasteiger partial charge in [0.2, 0.25) is 0 Å². The van der Waals surface area contributed by atoms with E-state index in [-0.39, 0.29) is 16.9 Å². The molecule has 3 N–H and O–H groups in total. The van der Waals surface area contributed by atoms with E-state index in [0.717, 1.165) is 19.3 Å². The van der Waals surface area contributed by atoms with Crippen LogP contribution in [0.2, 0.25) is 0 Å². The number of carbonyl (C=O) groups excluding carboxylic acids is 2. The van der Waals surface area contributed by atoms with Crippen molar-refractivity contribution in [2.75, 3.05) is 13.2 Å². The minimum absolute atomic E-state index is 0.0136. The minimum atomic E-state index is -0.389. The summed E-state index contributed by atoms with van der Waals surface area (Å²) < 4.78 is 11.2. The molecule has 0 fully saturated rings. The fourth-order valence-electron chi connectivity index (χ4n) is 2.54. The van der Waals surface area contributed by atoms with Crippen LogP contribution in [0, 0.1) is 5.92 Å². The average Bonchev–Trinajstić information content (AvgIpc) is 2.78. The topological polar surface area (TPSA) is 88.7 Å². The molecule has 0 saturated heterocycles. The van der Waals surface area contributed by atoms with Crippen molar-refractivity contribution in [2.45, 2.75) is 40.0 Å². The van der Waals surface area contributed by atoms with Crippen LogP contribution in [0.25, 0.3) is 0 Å². The molecular formula is C24H31N3O4S. The summed E-state index contributed by atoms with van der Waals surface area (Å²) in [5.41, 5.74) is 5.86. The molecule has 0 spiro atoms. The van der Waals surface area contributed by atoms with Gasteiger partial charge in [0.25, 0.3) is 11.8 Å². The first-order valence-electron chi connectivity index (χ1n) is 10.8. The Morgan fingerprint density at radius 1 is 0.844 bits per heavy atom. The lowest BCUT2D eigenvalue weighted by atomic mass is 10.1. The van der Waals surface area contributed by atoms with Crippen LogP contribution < -0.4 is 25.6 Å². The SMILES string of the molecule is CCCCOc1ccc(C(=O)NC(=S)NNC(=O)c2ccc(OCCC(C)C)cc2)cc1. The van der Waals surface area contributed by atoms with Gasteiger partial charge in [-0.15, -0.1) is 0 Å². The number of amides is 2. The highest BCUT2D eigenvalue weighted by atomic mass is 32.1. The van der Waals surface area contributed by atoms with Crippen molar-refractivity contribution in [2.24, 2.45) is 5.92 Å². The summed E-state index contributed by atoms with van der Waals surface area (Å²) >= 11 is 5.08. The van der Waals surface area contributed by atoms with Crippen LogP contribution in [0.1, 0.15) is 60.7 Å². The standard InChI is InChI=1S/C24H31N3O4S/c1-4-5-15-30-20-10-6-18(7-11-20)22(28)25-24(32)27-26-23(29)19-8-12-21(13-9-19)31-16-14-17(2)3/h6-13,17H,4-5,14-16H2,1-3H3,(H,26,29)(H2,25,27,28,32). The molecule has 7 nitrogen and oxygen atoms in total. The molecule has 2 amide bonds. The molecule has 2 rings (SSSR count). The van der Waals surface area contributed by atoms with Crippen molar-refractivity contribution in [3.05, 3.63) is 59.7 Å². The first-order valence-corrected chi connectivity index (χ1v) is 11.2. The third kappa shape index (κ3) is 8.93. The van der Waals surface area contributed by atoms with Crippen molar-refractivity contribution >= 4 is 29.1 Å². The summed E-state index contributed by atoms with van der Waals surface area (Å²) in [5.74, 6) is 1.21. The second-order valence-electron chi connectivity index (χ2n) is 7.64. The fraction of sp³-hybridized carbons (Fsp3) is 0.375. The summed E-state index contributed by atoms with van der Waals surface area (Å²) in [6.45, 7) is 7.64. The Morgan fingerprint density at radius 2 is 1.38 bits per heavy atom. The van der Waals surface area contributed by atoms with E-state index in [2.05, 4.69) is 36.9 Å². The largest absolute Gasteiger partial charge is 0.494 e. The number of carbonyl (C=O) groups is 2. The number of rotatable bonds is 10. The first-order chi connectivity index (χ1) is 15.4. The third-order valence-electron chi connectivity index (χ3n) is 4.48. The number of hydrazine groups is 1. The minimum Gasteiger partial charge on any atom is -0.494 e. The number of ether oxygens (including phenoxy) is 2. The predicted octanol–water partition coefficient (Wildman–Crippen LogP) is 4.24. The van der Waals surface area contributed by atoms with Gasteiger partial charge < -0.3 is 9.47 Å². The molecule has 0 atom stereocenters. The quantitative estimate of drug-likeness (QED) is 0.281. The Hall–Kier alpha value is -3.13. The highest BCUT2D eigenvalue weighted by Crippen LogP contribution is 2.14. The van der Waals surface area contributed by atoms with Crippen molar-refractivity contribution < 1.29 is 19.1 Å². The lowest BCUT2D eigenvalue weighted by Gasteiger charge is -2.12. The second-order valence-corrected chi connectivity index (χ2v) is 8.05. The molecule has 0 saturated carbocycles. The maximum Gasteiger partial charge on any atom is 0.269 e. The fourth-order valence-corrected chi connectivity index (χ4v) is 2.69. The molecule has 2 aromatic rings. The molecule has 8 heteroatoms. The van der Waals surface area contributed by atoms with Crippen LogP contribution in [-0.2, 0) is 0 Å². The molecule has 0 aliphatic heterocycles. The monoisotopic (exact) mass is 457 g/mol. The average molecular weight is 458 g/mol. The third-order valence-corrected chi connectivity index (χ3v) is 4.68. The number of thiocarbonyl (C=S) groups is 1. The zero-order valence-corrected chi connectivity index (χ0v) is 19.6. The number of benzene rings is 2. The Balaban J connectivity index is 1.75. The van der Waals surface area contributed by atoms with Crippen molar-refractivity contribution in [1.82, 2.24) is 16.2 Å². The zero-order chi connectivity index (χ0) is 23.3. The van der Waals surface area contributed by atoms with Crippen LogP contribution in [0.3, 0.4) is 0 Å². The molecule has 2 aromatic carbocycles. The van der Waals surface area contributed by atoms with Crippen LogP contribution in [0.15, 0.2) is 48.5 Å². The van der Waals surface area contributed by atoms with E-state index in [1.165, 1.54) is 0 Å². The molecule has 0 aromatic heterocycles. The van der Waals surface area contributed by atoms with Gasteiger partial charge in [-0.2, -0.15) is 0 Å². The van der Waals surface area contributed by atoms with Gasteiger partial charge in [0.05, 0.1) is 13.2 Å². The molecular weight excluding hydrogens is 426 g/mol. The summed E-state index contributed by atoms with van der Waals surface area (Å²) in [6.07, 6.45) is 3.00. The van der Waals surface area contributed by atoms with Crippen LogP contribution in [0.4, 0.5) is 0 Å². The van der Waals surface area contributed by atoms with E-state index in [1.54, 1.807) is 48.5 Å². The van der Waals surface area contributed by atoms with E-state index >= 15 is 0 Å². The molecule has 0 radical (unpaired) electrons. The highest BCUT2D eigenvalue weighted by Gasteiger charge is 2.10. The van der Waals surface area contributed by atoms with Gasteiger partial charge in [-0.3, -0.25) is 25.8 Å². The van der Waals surface area contributed by atoms with Gasteiger partial charge in [-0.05, 0) is 79.5 Å². The maximum absolute atomic E-state index is 12.3. The molecule has 32 heavy (non-hydrogen) atoms. The highest BCUT2D eigenvalue weighted by molar-refractivity contribution is 7.80. The number of hydrogen-bond acceptors (Lipinski definition) is 5. The van der Waals surface area contributed by atoms with Crippen LogP contribution in [0.5, 0.6) is 11.5 Å². The van der Waals surface area contributed by atoms with Gasteiger partial charge in [0.15, 0.2) is 5.11 Å². The van der Waals surface area contributed by atoms with Gasteiger partial charge >= 0.3 is 0 Å². The molecule has 0 aliphatic rings. The lowest BCUT2D eigenvalue weighted by Crippen LogP contribution is -2.48. The predicted molar refractivity (Wildman–Crippen MR) is 129 cm³/mol. The van der Waals surface area contributed by atoms with Crippen molar-refractivity contribution in [3.63, 3.8) is 0 Å². The zero-order valence-electron chi connectivity index (χ0n) is 18.8. The van der Waals surface area contributed by atoms with Crippen LogP contribution >= 0.6 is 12.2 Å². The van der Waals surface area contributed by atoms with E-state index in [1.807, 2.05) is 0 Å². The van der Waals surface area contributed by atoms with E-state index in [0.29, 0.717) is 41.8 Å². The smallest absolute Gasteiger partial charge is 0.269 e. The summed E-state index contributed by atoms with van der Waals surface area (Å²) in [5, 5.41) is 2.51. The van der Waals surface area contributed by atoms with Crippen molar-refractivity contribution in [3.8, 4) is 11.5 Å². The summed E-state index contributed by atoms with van der Waals surface area (Å²) in [4.78, 5) is 24.6. The van der Waals surface area contributed by atoms with Crippen molar-refractivity contribution in [1.29, 1.82) is 0 Å². The first kappa shape index (κ1) is 25.1. The molecule has 0 bridgehead atoms. The molecule has 0 unspecified atom stereocenters. The maximum atomic E-state index is 12.3. The second kappa shape index (κ2) is 13.3. The van der Waals surface area contributed by atoms with Gasteiger partial charge in [0, 0.05) is 11.1 Å². The van der Waals surface area contributed by atoms with Gasteiger partial charge in [0.1, 0.15) is 11.5 Å². The number of nitrogens with one attached hydrogen (secondary N) is 3. The van der Waals surface area contributed by atoms with Crippen LogP contribution in [-0.4, -0.2) is 30.1 Å². The number of hydrogen-bond donors (Lipinski definition) is 3.